The van der Waals surface area contributed by atoms with Crippen LogP contribution >= 0.6 is 11.8 Å². The first-order valence-corrected chi connectivity index (χ1v) is 9.29. The minimum absolute atomic E-state index is 0.0186. The summed E-state index contributed by atoms with van der Waals surface area (Å²) in [4.78, 5) is 11.5. The van der Waals surface area contributed by atoms with Gasteiger partial charge in [-0.15, -0.1) is 11.8 Å². The summed E-state index contributed by atoms with van der Waals surface area (Å²) in [5, 5.41) is 0.122. The van der Waals surface area contributed by atoms with Gasteiger partial charge in [-0.05, 0) is 17.7 Å². The van der Waals surface area contributed by atoms with E-state index in [0.29, 0.717) is 5.54 Å². The Morgan fingerprint density at radius 3 is 2.54 bits per heavy atom. The van der Waals surface area contributed by atoms with Gasteiger partial charge in [0, 0.05) is 8.07 Å². The van der Waals surface area contributed by atoms with Gasteiger partial charge in [0.15, 0.2) is 0 Å². The largest absolute Gasteiger partial charge is 0.468 e. The van der Waals surface area contributed by atoms with Crippen LogP contribution < -0.4 is 0 Å². The van der Waals surface area contributed by atoms with Crippen molar-refractivity contribution in [3.63, 3.8) is 0 Å². The van der Waals surface area contributed by atoms with E-state index in [9.17, 15) is 4.79 Å². The van der Waals surface area contributed by atoms with Crippen molar-refractivity contribution in [1.29, 1.82) is 0 Å². The van der Waals surface area contributed by atoms with Crippen LogP contribution in [0, 0.1) is 0 Å². The van der Waals surface area contributed by atoms with Crippen molar-refractivity contribution >= 4 is 25.8 Å². The van der Waals surface area contributed by atoms with Gasteiger partial charge in [-0.1, -0.05) is 19.6 Å². The number of carbonyl (C=O) groups is 1. The highest BCUT2D eigenvalue weighted by Crippen LogP contribution is 2.43. The fourth-order valence-corrected chi connectivity index (χ4v) is 6.85. The zero-order chi connectivity index (χ0) is 10.1. The number of esters is 1. The van der Waals surface area contributed by atoms with E-state index < -0.39 is 8.07 Å². The molecule has 1 rings (SSSR count). The lowest BCUT2D eigenvalue weighted by Crippen LogP contribution is -2.36. The molecule has 0 unspecified atom stereocenters. The van der Waals surface area contributed by atoms with Crippen LogP contribution in [0.5, 0.6) is 0 Å². The average molecular weight is 218 g/mol. The summed E-state index contributed by atoms with van der Waals surface area (Å²) in [5.41, 5.74) is 0.602. The summed E-state index contributed by atoms with van der Waals surface area (Å²) in [7, 11) is 0.301. The lowest BCUT2D eigenvalue weighted by molar-refractivity contribution is -0.139. The molecule has 2 atom stereocenters. The van der Waals surface area contributed by atoms with Crippen molar-refractivity contribution in [2.45, 2.75) is 36.9 Å². The predicted molar refractivity (Wildman–Crippen MR) is 60.0 cm³/mol. The molecule has 1 fully saturated rings. The number of ether oxygens (including phenoxy) is 1. The number of hydrogen-bond donors (Lipinski definition) is 0. The monoisotopic (exact) mass is 218 g/mol. The molecule has 13 heavy (non-hydrogen) atoms. The zero-order valence-electron chi connectivity index (χ0n) is 8.79. The molecule has 0 saturated carbocycles. The molecule has 0 aromatic carbocycles. The summed E-state index contributed by atoms with van der Waals surface area (Å²) < 4.78 is 4.82. The molecule has 0 aromatic rings. The Bertz CT molecular complexity index is 200. The first kappa shape index (κ1) is 11.1. The van der Waals surface area contributed by atoms with Gasteiger partial charge in [0.1, 0.15) is 5.25 Å². The number of methoxy groups -OCH3 is 1. The molecular weight excluding hydrogens is 200 g/mol. The minimum atomic E-state index is -1.19. The Morgan fingerprint density at radius 2 is 2.08 bits per heavy atom. The normalized spacial score (nSPS) is 28.9. The second-order valence-electron chi connectivity index (χ2n) is 4.58. The predicted octanol–water partition coefficient (Wildman–Crippen LogP) is 2.37. The van der Waals surface area contributed by atoms with Crippen molar-refractivity contribution in [3.05, 3.63) is 0 Å². The molecule has 4 heteroatoms. The summed E-state index contributed by atoms with van der Waals surface area (Å²) in [6.07, 6.45) is 1.19. The van der Waals surface area contributed by atoms with E-state index in [2.05, 4.69) is 19.6 Å². The molecule has 0 radical (unpaired) electrons. The fourth-order valence-electron chi connectivity index (χ4n) is 1.83. The van der Waals surface area contributed by atoms with Crippen molar-refractivity contribution in [3.8, 4) is 0 Å². The van der Waals surface area contributed by atoms with E-state index >= 15 is 0 Å². The van der Waals surface area contributed by atoms with Gasteiger partial charge in [-0.25, -0.2) is 0 Å². The van der Waals surface area contributed by atoms with Gasteiger partial charge in [0.2, 0.25) is 0 Å². The lowest BCUT2D eigenvalue weighted by atomic mass is 10.2. The lowest BCUT2D eigenvalue weighted by Gasteiger charge is -2.28. The molecule has 0 aromatic heterocycles. The second kappa shape index (κ2) is 4.05. The molecule has 0 N–H and O–H groups in total. The standard InChI is InChI=1S/C9H18O2SSi/c1-11-9(10)8-7(5-6-12-8)13(2,3)4/h7-8H,5-6H2,1-4H3/t7-,8-/m0/s1. The van der Waals surface area contributed by atoms with Crippen LogP contribution in [0.15, 0.2) is 0 Å². The maximum absolute atomic E-state index is 11.5. The van der Waals surface area contributed by atoms with Crippen molar-refractivity contribution in [2.75, 3.05) is 12.9 Å². The Morgan fingerprint density at radius 1 is 1.46 bits per heavy atom. The van der Waals surface area contributed by atoms with Gasteiger partial charge in [0.05, 0.1) is 7.11 Å². The topological polar surface area (TPSA) is 26.3 Å². The highest BCUT2D eigenvalue weighted by Gasteiger charge is 2.42. The minimum Gasteiger partial charge on any atom is -0.468 e. The molecule has 1 saturated heterocycles. The Hall–Kier alpha value is 0.0369. The number of thioether (sulfide) groups is 1. The molecule has 2 nitrogen and oxygen atoms in total. The van der Waals surface area contributed by atoms with E-state index in [-0.39, 0.29) is 11.2 Å². The van der Waals surface area contributed by atoms with E-state index in [0.717, 1.165) is 5.75 Å². The third kappa shape index (κ3) is 2.50. The zero-order valence-corrected chi connectivity index (χ0v) is 10.6. The van der Waals surface area contributed by atoms with E-state index in [1.54, 1.807) is 11.8 Å². The van der Waals surface area contributed by atoms with Gasteiger partial charge in [0.25, 0.3) is 0 Å². The fraction of sp³-hybridized carbons (Fsp3) is 0.889. The molecule has 1 aliphatic rings. The van der Waals surface area contributed by atoms with Crippen LogP contribution in [0.4, 0.5) is 0 Å². The van der Waals surface area contributed by atoms with Gasteiger partial charge >= 0.3 is 5.97 Å². The summed E-state index contributed by atoms with van der Waals surface area (Å²) in [5.74, 6) is 1.10. The maximum Gasteiger partial charge on any atom is 0.318 e. The summed E-state index contributed by atoms with van der Waals surface area (Å²) >= 11 is 1.77. The van der Waals surface area contributed by atoms with E-state index in [1.807, 2.05) is 0 Å². The van der Waals surface area contributed by atoms with Crippen LogP contribution in [0.1, 0.15) is 6.42 Å². The van der Waals surface area contributed by atoms with Crippen molar-refractivity contribution in [2.24, 2.45) is 0 Å². The van der Waals surface area contributed by atoms with Crippen molar-refractivity contribution in [1.82, 2.24) is 0 Å². The SMILES string of the molecule is COC(=O)[C@H]1SCC[C@@H]1[Si](C)(C)C. The van der Waals surface area contributed by atoms with E-state index in [4.69, 9.17) is 4.74 Å². The summed E-state index contributed by atoms with van der Waals surface area (Å²) in [6, 6.07) is 0. The Balaban J connectivity index is 2.70. The molecule has 1 heterocycles. The molecule has 76 valence electrons. The Kier molecular flexibility index (Phi) is 3.46. The van der Waals surface area contributed by atoms with Crippen LogP contribution in [-0.2, 0) is 9.53 Å². The van der Waals surface area contributed by atoms with Crippen LogP contribution in [-0.4, -0.2) is 32.2 Å². The highest BCUT2D eigenvalue weighted by molar-refractivity contribution is 8.01. The first-order valence-electron chi connectivity index (χ1n) is 4.66. The smallest absolute Gasteiger partial charge is 0.318 e. The second-order valence-corrected chi connectivity index (χ2v) is 11.3. The highest BCUT2D eigenvalue weighted by atomic mass is 32.2. The van der Waals surface area contributed by atoms with Gasteiger partial charge < -0.3 is 4.74 Å². The first-order chi connectivity index (χ1) is 5.96. The molecule has 1 aliphatic heterocycles. The van der Waals surface area contributed by atoms with Crippen LogP contribution in [0.25, 0.3) is 0 Å². The maximum atomic E-state index is 11.5. The Labute approximate surface area is 85.4 Å². The number of hydrogen-bond acceptors (Lipinski definition) is 3. The molecule has 0 spiro atoms. The molecule has 0 bridgehead atoms. The number of rotatable bonds is 2. The van der Waals surface area contributed by atoms with Gasteiger partial charge in [-0.3, -0.25) is 4.79 Å². The van der Waals surface area contributed by atoms with Crippen LogP contribution in [0.3, 0.4) is 0 Å². The van der Waals surface area contributed by atoms with Crippen molar-refractivity contribution < 1.29 is 9.53 Å². The molecule has 0 aliphatic carbocycles. The third-order valence-electron chi connectivity index (χ3n) is 2.64. The average Bonchev–Trinajstić information content (AvgIpc) is 2.49. The summed E-state index contributed by atoms with van der Waals surface area (Å²) in [6.45, 7) is 7.00. The third-order valence-corrected chi connectivity index (χ3v) is 7.08. The van der Waals surface area contributed by atoms with Crippen LogP contribution in [0.2, 0.25) is 25.2 Å². The molecule has 0 amide bonds. The molecular formula is C9H18O2SSi. The van der Waals surface area contributed by atoms with Gasteiger partial charge in [-0.2, -0.15) is 0 Å². The number of carbonyl (C=O) groups excluding carboxylic acids is 1. The quantitative estimate of drug-likeness (QED) is 0.526. The van der Waals surface area contributed by atoms with E-state index in [1.165, 1.54) is 13.5 Å².